The van der Waals surface area contributed by atoms with Crippen molar-refractivity contribution in [2.24, 2.45) is 0 Å². The lowest BCUT2D eigenvalue weighted by Gasteiger charge is -2.39. The molecule has 3 aromatic rings. The molecule has 2 aliphatic heterocycles. The fourth-order valence-electron chi connectivity index (χ4n) is 4.30. The van der Waals surface area contributed by atoms with Crippen molar-refractivity contribution in [3.8, 4) is 0 Å². The summed E-state index contributed by atoms with van der Waals surface area (Å²) < 4.78 is 18.5. The molecule has 5 rings (SSSR count). The Morgan fingerprint density at radius 3 is 2.61 bits per heavy atom. The quantitative estimate of drug-likeness (QED) is 0.755. The van der Waals surface area contributed by atoms with E-state index in [1.807, 2.05) is 18.2 Å². The van der Waals surface area contributed by atoms with Crippen LogP contribution in [-0.4, -0.2) is 38.0 Å². The third-order valence-electron chi connectivity index (χ3n) is 5.69. The smallest absolute Gasteiger partial charge is 0.184 e. The van der Waals surface area contributed by atoms with E-state index in [0.29, 0.717) is 13.2 Å². The summed E-state index contributed by atoms with van der Waals surface area (Å²) in [6, 6.07) is 25.4. The third kappa shape index (κ3) is 3.56. The van der Waals surface area contributed by atoms with Crippen molar-refractivity contribution >= 4 is 10.8 Å². The molecule has 4 atom stereocenters. The van der Waals surface area contributed by atoms with Crippen LogP contribution in [-0.2, 0) is 20.6 Å². The topological polar surface area (TPSA) is 39.7 Å². The van der Waals surface area contributed by atoms with Crippen molar-refractivity contribution in [3.63, 3.8) is 0 Å². The van der Waals surface area contributed by atoms with E-state index >= 15 is 0 Å². The van der Waals surface area contributed by atoms with Gasteiger partial charge in [0.05, 0.1) is 13.2 Å². The molecular formula is C24H25NO3. The molecule has 1 N–H and O–H groups in total. The molecule has 0 bridgehead atoms. The van der Waals surface area contributed by atoms with Gasteiger partial charge in [-0.3, -0.25) is 0 Å². The van der Waals surface area contributed by atoms with Crippen molar-refractivity contribution in [1.29, 1.82) is 0 Å². The SMILES string of the molecule is c1ccc([C@@H]2OC[C@H]3OCCNC(Cc4cccc5ccccc45)[C@@H]3O2)cc1. The summed E-state index contributed by atoms with van der Waals surface area (Å²) in [5.74, 6) is 0. The van der Waals surface area contributed by atoms with Crippen LogP contribution in [0.15, 0.2) is 72.8 Å². The van der Waals surface area contributed by atoms with Crippen molar-refractivity contribution in [2.75, 3.05) is 19.8 Å². The van der Waals surface area contributed by atoms with Crippen LogP contribution in [0.5, 0.6) is 0 Å². The van der Waals surface area contributed by atoms with Gasteiger partial charge in [0.2, 0.25) is 0 Å². The van der Waals surface area contributed by atoms with Crippen LogP contribution in [0.3, 0.4) is 0 Å². The summed E-state index contributed by atoms with van der Waals surface area (Å²) in [5, 5.41) is 6.24. The first-order chi connectivity index (χ1) is 13.9. The summed E-state index contributed by atoms with van der Waals surface area (Å²) in [6.45, 7) is 2.05. The van der Waals surface area contributed by atoms with E-state index in [2.05, 4.69) is 59.9 Å². The highest BCUT2D eigenvalue weighted by Gasteiger charge is 2.40. The van der Waals surface area contributed by atoms with Gasteiger partial charge in [-0.05, 0) is 22.8 Å². The molecule has 2 heterocycles. The van der Waals surface area contributed by atoms with Gasteiger partial charge in [-0.2, -0.15) is 0 Å². The van der Waals surface area contributed by atoms with Crippen molar-refractivity contribution in [2.45, 2.75) is 31.0 Å². The third-order valence-corrected chi connectivity index (χ3v) is 5.69. The fraction of sp³-hybridized carbons (Fsp3) is 0.333. The number of ether oxygens (including phenoxy) is 3. The second kappa shape index (κ2) is 8.02. The molecule has 4 nitrogen and oxygen atoms in total. The lowest BCUT2D eigenvalue weighted by atomic mass is 9.94. The summed E-state index contributed by atoms with van der Waals surface area (Å²) in [7, 11) is 0. The predicted molar refractivity (Wildman–Crippen MR) is 109 cm³/mol. The average Bonchev–Trinajstić information content (AvgIpc) is 2.96. The van der Waals surface area contributed by atoms with Gasteiger partial charge in [0, 0.05) is 18.2 Å². The van der Waals surface area contributed by atoms with Gasteiger partial charge in [-0.15, -0.1) is 0 Å². The van der Waals surface area contributed by atoms with Gasteiger partial charge >= 0.3 is 0 Å². The molecule has 0 aliphatic carbocycles. The van der Waals surface area contributed by atoms with Crippen molar-refractivity contribution in [3.05, 3.63) is 83.9 Å². The molecule has 1 unspecified atom stereocenters. The minimum atomic E-state index is -0.346. The second-order valence-corrected chi connectivity index (χ2v) is 7.49. The van der Waals surface area contributed by atoms with Crippen LogP contribution >= 0.6 is 0 Å². The monoisotopic (exact) mass is 375 g/mol. The molecule has 0 aromatic heterocycles. The molecular weight excluding hydrogens is 350 g/mol. The average molecular weight is 375 g/mol. The summed E-state index contributed by atoms with van der Waals surface area (Å²) in [4.78, 5) is 0. The Kier molecular flexibility index (Phi) is 5.10. The highest BCUT2D eigenvalue weighted by Crippen LogP contribution is 2.31. The first-order valence-electron chi connectivity index (χ1n) is 10.0. The van der Waals surface area contributed by atoms with Gasteiger partial charge in [0.1, 0.15) is 12.2 Å². The zero-order valence-corrected chi connectivity index (χ0v) is 15.8. The van der Waals surface area contributed by atoms with Crippen molar-refractivity contribution < 1.29 is 14.2 Å². The summed E-state index contributed by atoms with van der Waals surface area (Å²) in [5.41, 5.74) is 2.39. The molecule has 3 aromatic carbocycles. The Labute approximate surface area is 165 Å². The van der Waals surface area contributed by atoms with Gasteiger partial charge in [0.15, 0.2) is 6.29 Å². The van der Waals surface area contributed by atoms with E-state index in [1.54, 1.807) is 0 Å². The Morgan fingerprint density at radius 1 is 0.857 bits per heavy atom. The molecule has 0 saturated carbocycles. The minimum absolute atomic E-state index is 0.0464. The van der Waals surface area contributed by atoms with E-state index in [0.717, 1.165) is 18.5 Å². The van der Waals surface area contributed by atoms with Crippen LogP contribution in [0.25, 0.3) is 10.8 Å². The molecule has 0 amide bonds. The van der Waals surface area contributed by atoms with E-state index in [1.165, 1.54) is 16.3 Å². The second-order valence-electron chi connectivity index (χ2n) is 7.49. The summed E-state index contributed by atoms with van der Waals surface area (Å²) >= 11 is 0. The van der Waals surface area contributed by atoms with Crippen LogP contribution < -0.4 is 5.32 Å². The van der Waals surface area contributed by atoms with Gasteiger partial charge < -0.3 is 19.5 Å². The van der Waals surface area contributed by atoms with Crippen LogP contribution in [0, 0.1) is 0 Å². The van der Waals surface area contributed by atoms with E-state index in [-0.39, 0.29) is 24.5 Å². The van der Waals surface area contributed by atoms with E-state index in [4.69, 9.17) is 14.2 Å². The van der Waals surface area contributed by atoms with E-state index < -0.39 is 0 Å². The van der Waals surface area contributed by atoms with Crippen LogP contribution in [0.4, 0.5) is 0 Å². The van der Waals surface area contributed by atoms with Crippen LogP contribution in [0.1, 0.15) is 17.4 Å². The Bertz CT molecular complexity index is 924. The van der Waals surface area contributed by atoms with E-state index in [9.17, 15) is 0 Å². The number of benzene rings is 3. The fourth-order valence-corrected chi connectivity index (χ4v) is 4.30. The molecule has 2 saturated heterocycles. The maximum Gasteiger partial charge on any atom is 0.184 e. The molecule has 28 heavy (non-hydrogen) atoms. The number of fused-ring (bicyclic) bond motifs is 2. The lowest BCUT2D eigenvalue weighted by Crippen LogP contribution is -2.52. The molecule has 0 radical (unpaired) electrons. The zero-order valence-electron chi connectivity index (χ0n) is 15.8. The number of hydrogen-bond donors (Lipinski definition) is 1. The highest BCUT2D eigenvalue weighted by molar-refractivity contribution is 5.85. The van der Waals surface area contributed by atoms with Crippen molar-refractivity contribution in [1.82, 2.24) is 5.32 Å². The molecule has 0 spiro atoms. The predicted octanol–water partition coefficient (Wildman–Crippen LogP) is 3.85. The summed E-state index contributed by atoms with van der Waals surface area (Å²) in [6.07, 6.45) is 0.448. The molecule has 2 fully saturated rings. The number of rotatable bonds is 3. The zero-order chi connectivity index (χ0) is 18.8. The van der Waals surface area contributed by atoms with Gasteiger partial charge in [-0.1, -0.05) is 72.8 Å². The largest absolute Gasteiger partial charge is 0.372 e. The Hall–Kier alpha value is -2.24. The lowest BCUT2D eigenvalue weighted by molar-refractivity contribution is -0.266. The Morgan fingerprint density at radius 2 is 1.68 bits per heavy atom. The first kappa shape index (κ1) is 17.8. The molecule has 144 valence electrons. The Balaban J connectivity index is 1.42. The number of hydrogen-bond acceptors (Lipinski definition) is 4. The van der Waals surface area contributed by atoms with Crippen LogP contribution in [0.2, 0.25) is 0 Å². The molecule has 2 aliphatic rings. The standard InChI is InChI=1S/C24H25NO3/c1-2-8-18(9-3-1)24-27-16-22-23(28-24)21(25-13-14-26-22)15-19-11-6-10-17-7-4-5-12-20(17)19/h1-12,21-25H,13-16H2/t21?,22-,23+,24-/m1/s1. The minimum Gasteiger partial charge on any atom is -0.372 e. The molecule has 4 heteroatoms. The number of nitrogens with one attached hydrogen (secondary N) is 1. The first-order valence-corrected chi connectivity index (χ1v) is 10.0. The maximum absolute atomic E-state index is 6.44. The maximum atomic E-state index is 6.44. The van der Waals surface area contributed by atoms with Gasteiger partial charge in [-0.25, -0.2) is 0 Å². The van der Waals surface area contributed by atoms with Gasteiger partial charge in [0.25, 0.3) is 0 Å². The normalized spacial score (nSPS) is 27.9. The highest BCUT2D eigenvalue weighted by atomic mass is 16.7.